The number of carbonyl (C=O) groups is 1. The maximum atomic E-state index is 12.0. The van der Waals surface area contributed by atoms with Crippen LogP contribution in [-0.4, -0.2) is 39.1 Å². The minimum Gasteiger partial charge on any atom is -0.493 e. The van der Waals surface area contributed by atoms with E-state index in [1.807, 2.05) is 30.3 Å². The van der Waals surface area contributed by atoms with Crippen LogP contribution in [0.25, 0.3) is 10.8 Å². The number of carbonyl (C=O) groups excluding carboxylic acids is 1. The van der Waals surface area contributed by atoms with Crippen LogP contribution >= 0.6 is 0 Å². The Morgan fingerprint density at radius 2 is 1.92 bits per heavy atom. The van der Waals surface area contributed by atoms with Gasteiger partial charge in [0.2, 0.25) is 0 Å². The van der Waals surface area contributed by atoms with Gasteiger partial charge in [-0.25, -0.2) is 4.79 Å². The number of rotatable bonds is 6. The second-order valence-corrected chi connectivity index (χ2v) is 6.52. The van der Waals surface area contributed by atoms with Crippen LogP contribution in [0.2, 0.25) is 0 Å². The van der Waals surface area contributed by atoms with Gasteiger partial charge in [0, 0.05) is 12.8 Å². The maximum absolute atomic E-state index is 12.0. The van der Waals surface area contributed by atoms with Crippen LogP contribution in [0.4, 0.5) is 10.5 Å². The average molecular weight is 327 g/mol. The summed E-state index contributed by atoms with van der Waals surface area (Å²) in [6.45, 7) is 1.74. The molecule has 1 amide bonds. The zero-order chi connectivity index (χ0) is 16.5. The van der Waals surface area contributed by atoms with Crippen molar-refractivity contribution in [1.29, 1.82) is 0 Å². The molecule has 2 aromatic carbocycles. The van der Waals surface area contributed by atoms with Crippen molar-refractivity contribution in [3.05, 3.63) is 36.4 Å². The Morgan fingerprint density at radius 1 is 1.12 bits per heavy atom. The van der Waals surface area contributed by atoms with Crippen LogP contribution in [0.15, 0.2) is 36.4 Å². The molecule has 2 fully saturated rings. The summed E-state index contributed by atoms with van der Waals surface area (Å²) >= 11 is 0. The first-order valence-corrected chi connectivity index (χ1v) is 8.36. The molecule has 1 atom stereocenters. The number of benzene rings is 2. The molecule has 24 heavy (non-hydrogen) atoms. The number of methoxy groups -OCH3 is 1. The van der Waals surface area contributed by atoms with E-state index in [1.54, 1.807) is 12.0 Å². The molecule has 1 aliphatic carbocycles. The topological polar surface area (TPSA) is 48.0 Å². The number of hydrogen-bond acceptors (Lipinski definition) is 4. The molecule has 4 rings (SSSR count). The molecule has 2 aromatic rings. The van der Waals surface area contributed by atoms with Crippen molar-refractivity contribution in [2.24, 2.45) is 5.92 Å². The van der Waals surface area contributed by atoms with Gasteiger partial charge in [-0.15, -0.1) is 0 Å². The lowest BCUT2D eigenvalue weighted by Crippen LogP contribution is -2.25. The molecular formula is C19H21NO4. The van der Waals surface area contributed by atoms with Crippen LogP contribution in [0.1, 0.15) is 12.8 Å². The van der Waals surface area contributed by atoms with E-state index in [1.165, 1.54) is 12.8 Å². The van der Waals surface area contributed by atoms with Crippen LogP contribution in [-0.2, 0) is 9.47 Å². The van der Waals surface area contributed by atoms with Crippen molar-refractivity contribution in [3.8, 4) is 5.75 Å². The first-order valence-electron chi connectivity index (χ1n) is 8.36. The second kappa shape index (κ2) is 6.32. The highest BCUT2D eigenvalue weighted by Crippen LogP contribution is 2.31. The molecule has 1 saturated carbocycles. The van der Waals surface area contributed by atoms with Crippen LogP contribution in [0.3, 0.4) is 0 Å². The highest BCUT2D eigenvalue weighted by molar-refractivity contribution is 5.94. The van der Waals surface area contributed by atoms with Crippen molar-refractivity contribution in [2.45, 2.75) is 18.9 Å². The van der Waals surface area contributed by atoms with Gasteiger partial charge in [-0.3, -0.25) is 4.90 Å². The van der Waals surface area contributed by atoms with E-state index in [-0.39, 0.29) is 12.2 Å². The number of fused-ring (bicyclic) bond motifs is 1. The third-order valence-electron chi connectivity index (χ3n) is 4.52. The van der Waals surface area contributed by atoms with Crippen molar-refractivity contribution in [2.75, 3.05) is 31.8 Å². The van der Waals surface area contributed by atoms with Gasteiger partial charge in [0.15, 0.2) is 0 Å². The lowest BCUT2D eigenvalue weighted by atomic mass is 10.1. The fourth-order valence-electron chi connectivity index (χ4n) is 2.97. The molecule has 0 N–H and O–H groups in total. The molecule has 126 valence electrons. The first kappa shape index (κ1) is 15.3. The molecule has 2 aliphatic rings. The van der Waals surface area contributed by atoms with Gasteiger partial charge in [-0.2, -0.15) is 0 Å². The molecule has 5 heteroatoms. The largest absolute Gasteiger partial charge is 0.493 e. The summed E-state index contributed by atoms with van der Waals surface area (Å²) in [6, 6.07) is 12.1. The highest BCUT2D eigenvalue weighted by atomic mass is 16.6. The van der Waals surface area contributed by atoms with E-state index in [9.17, 15) is 4.79 Å². The number of anilines is 1. The molecule has 1 heterocycles. The SMILES string of the molecule is COCC1CN(c2ccc3cc(OCC4CC4)ccc3c2)C(=O)O1. The number of hydrogen-bond donors (Lipinski definition) is 0. The Hall–Kier alpha value is -2.27. The summed E-state index contributed by atoms with van der Waals surface area (Å²) in [5.74, 6) is 1.65. The zero-order valence-corrected chi connectivity index (χ0v) is 13.7. The van der Waals surface area contributed by atoms with Gasteiger partial charge >= 0.3 is 6.09 Å². The third kappa shape index (κ3) is 3.17. The van der Waals surface area contributed by atoms with Crippen molar-refractivity contribution in [1.82, 2.24) is 0 Å². The molecule has 1 unspecified atom stereocenters. The molecule has 0 bridgehead atoms. The predicted octanol–water partition coefficient (Wildman–Crippen LogP) is 3.60. The van der Waals surface area contributed by atoms with Gasteiger partial charge in [-0.1, -0.05) is 12.1 Å². The van der Waals surface area contributed by atoms with E-state index in [2.05, 4.69) is 6.07 Å². The number of nitrogens with zero attached hydrogens (tertiary/aromatic N) is 1. The molecule has 0 spiro atoms. The quantitative estimate of drug-likeness (QED) is 0.813. The number of cyclic esters (lactones) is 1. The van der Waals surface area contributed by atoms with Gasteiger partial charge in [0.1, 0.15) is 11.9 Å². The lowest BCUT2D eigenvalue weighted by Gasteiger charge is -2.14. The van der Waals surface area contributed by atoms with Gasteiger partial charge in [-0.05, 0) is 53.8 Å². The summed E-state index contributed by atoms with van der Waals surface area (Å²) in [5, 5.41) is 2.18. The van der Waals surface area contributed by atoms with Gasteiger partial charge in [0.05, 0.1) is 19.8 Å². The number of ether oxygens (including phenoxy) is 3. The van der Waals surface area contributed by atoms with E-state index in [4.69, 9.17) is 14.2 Å². The molecule has 1 aliphatic heterocycles. The van der Waals surface area contributed by atoms with E-state index < -0.39 is 0 Å². The minimum atomic E-state index is -0.319. The van der Waals surface area contributed by atoms with Crippen LogP contribution < -0.4 is 9.64 Å². The molecular weight excluding hydrogens is 306 g/mol. The normalized spacial score (nSPS) is 20.5. The summed E-state index contributed by atoms with van der Waals surface area (Å²) in [4.78, 5) is 13.7. The van der Waals surface area contributed by atoms with Crippen LogP contribution in [0, 0.1) is 5.92 Å². The third-order valence-corrected chi connectivity index (χ3v) is 4.52. The molecule has 5 nitrogen and oxygen atoms in total. The zero-order valence-electron chi connectivity index (χ0n) is 13.7. The van der Waals surface area contributed by atoms with E-state index in [0.29, 0.717) is 13.2 Å². The smallest absolute Gasteiger partial charge is 0.414 e. The van der Waals surface area contributed by atoms with Crippen molar-refractivity contribution in [3.63, 3.8) is 0 Å². The van der Waals surface area contributed by atoms with E-state index in [0.717, 1.165) is 34.7 Å². The van der Waals surface area contributed by atoms with Crippen LogP contribution in [0.5, 0.6) is 5.75 Å². The Labute approximate surface area is 141 Å². The van der Waals surface area contributed by atoms with E-state index >= 15 is 0 Å². The highest BCUT2D eigenvalue weighted by Gasteiger charge is 2.32. The average Bonchev–Trinajstić information content (AvgIpc) is 3.35. The molecule has 1 saturated heterocycles. The van der Waals surface area contributed by atoms with Gasteiger partial charge < -0.3 is 14.2 Å². The second-order valence-electron chi connectivity index (χ2n) is 6.52. The Kier molecular flexibility index (Phi) is 4.02. The lowest BCUT2D eigenvalue weighted by molar-refractivity contribution is 0.0718. The Balaban J connectivity index is 1.52. The van der Waals surface area contributed by atoms with Crippen molar-refractivity contribution >= 4 is 22.6 Å². The minimum absolute atomic E-state index is 0.212. The van der Waals surface area contributed by atoms with Crippen molar-refractivity contribution < 1.29 is 19.0 Å². The monoisotopic (exact) mass is 327 g/mol. The Bertz CT molecular complexity index is 756. The summed E-state index contributed by atoms with van der Waals surface area (Å²) in [5.41, 5.74) is 0.845. The Morgan fingerprint density at radius 3 is 2.71 bits per heavy atom. The fraction of sp³-hybridized carbons (Fsp3) is 0.421. The maximum Gasteiger partial charge on any atom is 0.414 e. The predicted molar refractivity (Wildman–Crippen MR) is 91.7 cm³/mol. The summed E-state index contributed by atoms with van der Waals surface area (Å²) in [6.07, 6.45) is 2.04. The first-order chi connectivity index (χ1) is 11.7. The standard InChI is InChI=1S/C19H21NO4/c1-22-12-18-10-20(19(21)24-18)16-6-4-15-9-17(7-5-14(15)8-16)23-11-13-2-3-13/h4-9,13,18H,2-3,10-12H2,1H3. The summed E-state index contributed by atoms with van der Waals surface area (Å²) in [7, 11) is 1.61. The fourth-order valence-corrected chi connectivity index (χ4v) is 2.97. The molecule has 0 aromatic heterocycles. The van der Waals surface area contributed by atoms with Gasteiger partial charge in [0.25, 0.3) is 0 Å². The summed E-state index contributed by atoms with van der Waals surface area (Å²) < 4.78 is 16.2. The number of amides is 1. The molecule has 0 radical (unpaired) electrons.